The Labute approximate surface area is 264 Å². The first-order chi connectivity index (χ1) is 21.5. The molecule has 1 aromatic heterocycles. The number of para-hydroxylation sites is 1. The number of rotatable bonds is 9. The maximum absolute atomic E-state index is 13.8. The van der Waals surface area contributed by atoms with E-state index in [1.54, 1.807) is 11.3 Å². The molecule has 1 atom stereocenters. The Bertz CT molecular complexity index is 1600. The van der Waals surface area contributed by atoms with Gasteiger partial charge in [0.2, 0.25) is 0 Å². The van der Waals surface area contributed by atoms with Gasteiger partial charge in [-0.05, 0) is 93.3 Å². The van der Waals surface area contributed by atoms with E-state index in [0.29, 0.717) is 19.1 Å². The molecule has 4 aromatic rings. The van der Waals surface area contributed by atoms with Crippen molar-refractivity contribution in [3.8, 4) is 16.9 Å². The Hall–Kier alpha value is -3.98. The van der Waals surface area contributed by atoms with Crippen molar-refractivity contribution < 1.29 is 14.3 Å². The number of carbonyl (C=O) groups excluding carboxylic acids is 1. The fourth-order valence-corrected chi connectivity index (χ4v) is 6.93. The van der Waals surface area contributed by atoms with E-state index < -0.39 is 0 Å². The molecule has 8 heteroatoms. The number of aromatic nitrogens is 1. The molecule has 1 amide bonds. The Morgan fingerprint density at radius 2 is 1.91 bits per heavy atom. The van der Waals surface area contributed by atoms with Gasteiger partial charge in [-0.25, -0.2) is 4.98 Å². The van der Waals surface area contributed by atoms with Crippen molar-refractivity contribution >= 4 is 39.8 Å². The predicted octanol–water partition coefficient (Wildman–Crippen LogP) is 7.77. The molecule has 1 unspecified atom stereocenters. The van der Waals surface area contributed by atoms with Gasteiger partial charge < -0.3 is 19.7 Å². The molecular formula is C36H40N4O3S. The van der Waals surface area contributed by atoms with Crippen molar-refractivity contribution in [3.05, 3.63) is 95.0 Å². The number of hydrogen-bond acceptors (Lipinski definition) is 7. The lowest BCUT2D eigenvalue weighted by Crippen LogP contribution is -2.36. The number of hydrogen-bond donors (Lipinski definition) is 1. The molecule has 228 valence electrons. The second kappa shape index (κ2) is 13.8. The zero-order valence-corrected chi connectivity index (χ0v) is 26.5. The highest BCUT2D eigenvalue weighted by Gasteiger charge is 2.28. The third-order valence-electron chi connectivity index (χ3n) is 8.45. The van der Waals surface area contributed by atoms with Crippen LogP contribution in [0, 0.1) is 0 Å². The van der Waals surface area contributed by atoms with Crippen molar-refractivity contribution in [2.24, 2.45) is 0 Å². The molecule has 0 saturated carbocycles. The fourth-order valence-electron chi connectivity index (χ4n) is 6.17. The monoisotopic (exact) mass is 608 g/mol. The smallest absolute Gasteiger partial charge is 0.251 e. The Morgan fingerprint density at radius 3 is 2.66 bits per heavy atom. The van der Waals surface area contributed by atoms with E-state index in [9.17, 15) is 4.79 Å². The Morgan fingerprint density at radius 1 is 1.11 bits per heavy atom. The van der Waals surface area contributed by atoms with Crippen molar-refractivity contribution in [3.63, 3.8) is 0 Å². The minimum Gasteiger partial charge on any atom is -0.493 e. The molecule has 3 heterocycles. The highest BCUT2D eigenvalue weighted by atomic mass is 32.1. The van der Waals surface area contributed by atoms with Crippen LogP contribution in [0.5, 0.6) is 5.75 Å². The lowest BCUT2D eigenvalue weighted by molar-refractivity contribution is -0.112. The third-order valence-corrected chi connectivity index (χ3v) is 9.22. The molecule has 0 aliphatic carbocycles. The van der Waals surface area contributed by atoms with E-state index in [4.69, 9.17) is 9.47 Å². The minimum absolute atomic E-state index is 0.0315. The van der Waals surface area contributed by atoms with E-state index >= 15 is 0 Å². The van der Waals surface area contributed by atoms with Gasteiger partial charge in [0, 0.05) is 60.2 Å². The van der Waals surface area contributed by atoms with Crippen LogP contribution in [0.15, 0.2) is 83.9 Å². The SMILES string of the molecule is CCOc1ccccc1-c1ccc2c(c1)C=C(C(=O)Nc1ccc(CN(C)C3CCOCC3)cc1)CC(C)N2c1nccs1. The number of benzene rings is 3. The number of nitrogens with zero attached hydrogens (tertiary/aromatic N) is 3. The summed E-state index contributed by atoms with van der Waals surface area (Å²) in [7, 11) is 2.18. The molecule has 44 heavy (non-hydrogen) atoms. The summed E-state index contributed by atoms with van der Waals surface area (Å²) in [5.41, 5.74) is 6.83. The van der Waals surface area contributed by atoms with Gasteiger partial charge in [0.05, 0.1) is 12.3 Å². The molecule has 1 fully saturated rings. The summed E-state index contributed by atoms with van der Waals surface area (Å²) in [4.78, 5) is 23.1. The van der Waals surface area contributed by atoms with Crippen LogP contribution in [0.1, 0.15) is 44.2 Å². The van der Waals surface area contributed by atoms with Crippen molar-refractivity contribution in [2.45, 2.75) is 51.7 Å². The van der Waals surface area contributed by atoms with Crippen LogP contribution in [-0.2, 0) is 16.1 Å². The number of amides is 1. The van der Waals surface area contributed by atoms with Gasteiger partial charge >= 0.3 is 0 Å². The van der Waals surface area contributed by atoms with Crippen LogP contribution < -0.4 is 15.0 Å². The summed E-state index contributed by atoms with van der Waals surface area (Å²) in [6.45, 7) is 7.29. The molecular weight excluding hydrogens is 568 g/mol. The zero-order chi connectivity index (χ0) is 30.5. The highest BCUT2D eigenvalue weighted by Crippen LogP contribution is 2.41. The number of thiazole rings is 1. The zero-order valence-electron chi connectivity index (χ0n) is 25.7. The average molecular weight is 609 g/mol. The predicted molar refractivity (Wildman–Crippen MR) is 180 cm³/mol. The van der Waals surface area contributed by atoms with Gasteiger partial charge in [0.25, 0.3) is 5.91 Å². The summed E-state index contributed by atoms with van der Waals surface area (Å²) in [5.74, 6) is 0.758. The number of fused-ring (bicyclic) bond motifs is 1. The van der Waals surface area contributed by atoms with Gasteiger partial charge in [-0.3, -0.25) is 9.69 Å². The summed E-state index contributed by atoms with van der Waals surface area (Å²) >= 11 is 1.60. The third kappa shape index (κ3) is 6.73. The van der Waals surface area contributed by atoms with Crippen LogP contribution in [-0.4, -0.2) is 54.7 Å². The quantitative estimate of drug-likeness (QED) is 0.209. The number of nitrogens with one attached hydrogen (secondary N) is 1. The van der Waals surface area contributed by atoms with Crippen molar-refractivity contribution in [1.82, 2.24) is 9.88 Å². The van der Waals surface area contributed by atoms with E-state index in [1.807, 2.05) is 54.9 Å². The van der Waals surface area contributed by atoms with E-state index in [-0.39, 0.29) is 11.9 Å². The van der Waals surface area contributed by atoms with Crippen LogP contribution in [0.25, 0.3) is 17.2 Å². The largest absolute Gasteiger partial charge is 0.493 e. The van der Waals surface area contributed by atoms with Gasteiger partial charge in [0.15, 0.2) is 5.13 Å². The van der Waals surface area contributed by atoms with Crippen LogP contribution in [0.3, 0.4) is 0 Å². The van der Waals surface area contributed by atoms with Gasteiger partial charge in [0.1, 0.15) is 5.75 Å². The second-order valence-corrected chi connectivity index (χ2v) is 12.4. The maximum Gasteiger partial charge on any atom is 0.251 e. The Kier molecular flexibility index (Phi) is 9.40. The van der Waals surface area contributed by atoms with Gasteiger partial charge in [-0.15, -0.1) is 11.3 Å². The first-order valence-corrected chi connectivity index (χ1v) is 16.3. The van der Waals surface area contributed by atoms with Crippen LogP contribution in [0.2, 0.25) is 0 Å². The highest BCUT2D eigenvalue weighted by molar-refractivity contribution is 7.13. The molecule has 1 saturated heterocycles. The minimum atomic E-state index is -0.0871. The number of anilines is 3. The molecule has 2 aliphatic heterocycles. The first kappa shape index (κ1) is 30.1. The fraction of sp³-hybridized carbons (Fsp3) is 0.333. The molecule has 0 bridgehead atoms. The van der Waals surface area contributed by atoms with Crippen molar-refractivity contribution in [2.75, 3.05) is 37.1 Å². The lowest BCUT2D eigenvalue weighted by Gasteiger charge is -2.31. The topological polar surface area (TPSA) is 66.9 Å². The summed E-state index contributed by atoms with van der Waals surface area (Å²) in [6, 6.07) is 23.3. The molecule has 3 aromatic carbocycles. The van der Waals surface area contributed by atoms with Crippen LogP contribution in [0.4, 0.5) is 16.5 Å². The van der Waals surface area contributed by atoms with E-state index in [1.165, 1.54) is 5.56 Å². The van der Waals surface area contributed by atoms with Crippen LogP contribution >= 0.6 is 11.3 Å². The average Bonchev–Trinajstić information content (AvgIpc) is 3.53. The van der Waals surface area contributed by atoms with E-state index in [0.717, 1.165) is 77.1 Å². The normalized spacial score (nSPS) is 17.1. The standard InChI is InChI=1S/C36H40N4O3S/c1-4-43-34-8-6-5-7-32(34)27-11-14-33-28(22-27)23-29(21-25(2)40(33)36-37-17-20-44-36)35(41)38-30-12-9-26(10-13-30)24-39(3)31-15-18-42-19-16-31/h5-14,17,20,22-23,25,31H,4,15-16,18-19,21,24H2,1-3H3,(H,38,41). The van der Waals surface area contributed by atoms with Gasteiger partial charge in [-0.1, -0.05) is 36.4 Å². The second-order valence-electron chi connectivity index (χ2n) is 11.5. The lowest BCUT2D eigenvalue weighted by atomic mass is 9.99. The van der Waals surface area contributed by atoms with Crippen molar-refractivity contribution in [1.29, 1.82) is 0 Å². The summed E-state index contributed by atoms with van der Waals surface area (Å²) < 4.78 is 11.5. The molecule has 0 spiro atoms. The molecule has 6 rings (SSSR count). The molecule has 1 N–H and O–H groups in total. The van der Waals surface area contributed by atoms with E-state index in [2.05, 4.69) is 70.5 Å². The maximum atomic E-state index is 13.8. The first-order valence-electron chi connectivity index (χ1n) is 15.4. The molecule has 7 nitrogen and oxygen atoms in total. The van der Waals surface area contributed by atoms with Gasteiger partial charge in [-0.2, -0.15) is 0 Å². The number of ether oxygens (including phenoxy) is 2. The summed E-state index contributed by atoms with van der Waals surface area (Å²) in [6.07, 6.45) is 6.59. The number of carbonyl (C=O) groups is 1. The Balaban J connectivity index is 1.26. The molecule has 2 aliphatic rings. The molecule has 0 radical (unpaired) electrons. The summed E-state index contributed by atoms with van der Waals surface area (Å²) in [5, 5.41) is 6.07.